The summed E-state index contributed by atoms with van der Waals surface area (Å²) in [6, 6.07) is 63.9. The molecule has 1 aliphatic carbocycles. The minimum Gasteiger partial charge on any atom is -0.456 e. The van der Waals surface area contributed by atoms with Crippen molar-refractivity contribution in [3.63, 3.8) is 0 Å². The standard InChI is InChI=1S/C48H29NO/c1-2-15-34-33(14-1)35-16-3-4-18-37(35)39-25-24-31(29-42(39)38-19-6-5-17-36(34)38)30-12-11-13-32(28-30)49-43-22-9-7-20-40(43)47-44(49)26-27-46-48(47)41-21-8-10-23-45(41)50-46/h1-29H. The van der Waals surface area contributed by atoms with Crippen LogP contribution in [0.4, 0.5) is 0 Å². The summed E-state index contributed by atoms with van der Waals surface area (Å²) in [6.07, 6.45) is 0. The molecule has 2 heteroatoms. The zero-order chi connectivity index (χ0) is 32.8. The molecular formula is C48H29NO. The van der Waals surface area contributed by atoms with Crippen molar-refractivity contribution in [2.45, 2.75) is 0 Å². The number of furan rings is 1. The van der Waals surface area contributed by atoms with Gasteiger partial charge in [0.05, 0.1) is 11.0 Å². The molecule has 0 amide bonds. The Labute approximate surface area is 289 Å². The molecule has 0 saturated heterocycles. The SMILES string of the molecule is c1cc(-c2ccc3c(c2)-c2ccccc2-c2ccccc2-c2ccccc2-3)cc(-n2c3ccccc3c3c4c(ccc32)oc2ccccc24)c1. The van der Waals surface area contributed by atoms with E-state index < -0.39 is 0 Å². The van der Waals surface area contributed by atoms with Crippen molar-refractivity contribution in [1.82, 2.24) is 4.57 Å². The maximum Gasteiger partial charge on any atom is 0.136 e. The Morgan fingerprint density at radius 3 is 1.58 bits per heavy atom. The molecule has 10 aromatic rings. The van der Waals surface area contributed by atoms with Crippen LogP contribution in [0, 0.1) is 0 Å². The van der Waals surface area contributed by atoms with Crippen LogP contribution in [0.15, 0.2) is 180 Å². The molecular weight excluding hydrogens is 607 g/mol. The number of hydrogen-bond acceptors (Lipinski definition) is 1. The van der Waals surface area contributed by atoms with Gasteiger partial charge < -0.3 is 8.98 Å². The Morgan fingerprint density at radius 2 is 0.880 bits per heavy atom. The van der Waals surface area contributed by atoms with Crippen LogP contribution in [0.1, 0.15) is 0 Å². The van der Waals surface area contributed by atoms with Crippen LogP contribution in [0.5, 0.6) is 0 Å². The van der Waals surface area contributed by atoms with E-state index in [1.165, 1.54) is 82.8 Å². The molecule has 1 aliphatic rings. The van der Waals surface area contributed by atoms with Crippen molar-refractivity contribution >= 4 is 43.7 Å². The van der Waals surface area contributed by atoms with E-state index in [-0.39, 0.29) is 0 Å². The zero-order valence-electron chi connectivity index (χ0n) is 27.1. The highest BCUT2D eigenvalue weighted by atomic mass is 16.3. The molecule has 0 fully saturated rings. The third-order valence-corrected chi connectivity index (χ3v) is 10.6. The number of nitrogens with zero attached hydrogens (tertiary/aromatic N) is 1. The Kier molecular flexibility index (Phi) is 5.70. The second-order valence-electron chi connectivity index (χ2n) is 13.2. The van der Waals surface area contributed by atoms with Crippen molar-refractivity contribution in [2.24, 2.45) is 0 Å². The molecule has 50 heavy (non-hydrogen) atoms. The smallest absolute Gasteiger partial charge is 0.136 e. The average Bonchev–Trinajstić information content (AvgIpc) is 3.73. The number of aromatic nitrogens is 1. The van der Waals surface area contributed by atoms with Gasteiger partial charge in [-0.1, -0.05) is 133 Å². The monoisotopic (exact) mass is 635 g/mol. The summed E-state index contributed by atoms with van der Waals surface area (Å²) in [5.74, 6) is 0. The van der Waals surface area contributed by atoms with Gasteiger partial charge in [0.25, 0.3) is 0 Å². The summed E-state index contributed by atoms with van der Waals surface area (Å²) < 4.78 is 8.73. The van der Waals surface area contributed by atoms with Gasteiger partial charge in [0.15, 0.2) is 0 Å². The molecule has 11 rings (SSSR count). The predicted octanol–water partition coefficient (Wildman–Crippen LogP) is 13.3. The van der Waals surface area contributed by atoms with Gasteiger partial charge in [-0.05, 0) is 98.1 Å². The van der Waals surface area contributed by atoms with E-state index in [1.807, 2.05) is 6.07 Å². The molecule has 2 aromatic heterocycles. The minimum absolute atomic E-state index is 0.917. The Bertz CT molecular complexity index is 2990. The van der Waals surface area contributed by atoms with E-state index in [0.29, 0.717) is 0 Å². The summed E-state index contributed by atoms with van der Waals surface area (Å²) in [6.45, 7) is 0. The lowest BCUT2D eigenvalue weighted by Gasteiger charge is -2.23. The summed E-state index contributed by atoms with van der Waals surface area (Å²) in [7, 11) is 0. The fraction of sp³-hybridized carbons (Fsp3) is 0. The van der Waals surface area contributed by atoms with Gasteiger partial charge in [0.1, 0.15) is 11.2 Å². The molecule has 0 spiro atoms. The molecule has 0 saturated carbocycles. The number of benzene rings is 8. The van der Waals surface area contributed by atoms with Gasteiger partial charge in [0.2, 0.25) is 0 Å². The normalized spacial score (nSPS) is 12.0. The lowest BCUT2D eigenvalue weighted by atomic mass is 9.80. The Morgan fingerprint density at radius 1 is 0.320 bits per heavy atom. The summed E-state index contributed by atoms with van der Waals surface area (Å²) in [4.78, 5) is 0. The second kappa shape index (κ2) is 10.4. The first-order valence-electron chi connectivity index (χ1n) is 17.2. The molecule has 0 aliphatic heterocycles. The van der Waals surface area contributed by atoms with Crippen molar-refractivity contribution < 1.29 is 4.42 Å². The Hall–Kier alpha value is -6.64. The fourth-order valence-electron chi connectivity index (χ4n) is 8.42. The van der Waals surface area contributed by atoms with E-state index in [2.05, 4.69) is 174 Å². The molecule has 0 unspecified atom stereocenters. The number of rotatable bonds is 2. The van der Waals surface area contributed by atoms with Crippen molar-refractivity contribution in [2.75, 3.05) is 0 Å². The molecule has 2 nitrogen and oxygen atoms in total. The summed E-state index contributed by atoms with van der Waals surface area (Å²) in [5, 5.41) is 4.77. The fourth-order valence-corrected chi connectivity index (χ4v) is 8.42. The zero-order valence-corrected chi connectivity index (χ0v) is 27.1. The highest BCUT2D eigenvalue weighted by Gasteiger charge is 2.23. The highest BCUT2D eigenvalue weighted by molar-refractivity contribution is 6.27. The lowest BCUT2D eigenvalue weighted by molar-refractivity contribution is 0.669. The second-order valence-corrected chi connectivity index (χ2v) is 13.2. The number of hydrogen-bond donors (Lipinski definition) is 0. The molecule has 232 valence electrons. The lowest BCUT2D eigenvalue weighted by Crippen LogP contribution is -1.97. The van der Waals surface area contributed by atoms with Crippen LogP contribution in [0.3, 0.4) is 0 Å². The quantitative estimate of drug-likeness (QED) is 0.185. The van der Waals surface area contributed by atoms with E-state index >= 15 is 0 Å². The molecule has 0 atom stereocenters. The first-order valence-corrected chi connectivity index (χ1v) is 17.2. The van der Waals surface area contributed by atoms with Crippen molar-refractivity contribution in [1.29, 1.82) is 0 Å². The van der Waals surface area contributed by atoms with Crippen LogP contribution in [0.25, 0.3) is 105 Å². The summed E-state index contributed by atoms with van der Waals surface area (Å²) >= 11 is 0. The molecule has 8 aromatic carbocycles. The van der Waals surface area contributed by atoms with Crippen LogP contribution < -0.4 is 0 Å². The van der Waals surface area contributed by atoms with Gasteiger partial charge >= 0.3 is 0 Å². The van der Waals surface area contributed by atoms with Gasteiger partial charge in [-0.2, -0.15) is 0 Å². The van der Waals surface area contributed by atoms with E-state index in [0.717, 1.165) is 22.2 Å². The van der Waals surface area contributed by atoms with Crippen LogP contribution in [-0.2, 0) is 0 Å². The largest absolute Gasteiger partial charge is 0.456 e. The van der Waals surface area contributed by atoms with Crippen LogP contribution in [0.2, 0.25) is 0 Å². The van der Waals surface area contributed by atoms with Gasteiger partial charge in [-0.3, -0.25) is 0 Å². The topological polar surface area (TPSA) is 18.1 Å². The van der Waals surface area contributed by atoms with E-state index in [9.17, 15) is 0 Å². The molecule has 0 radical (unpaired) electrons. The minimum atomic E-state index is 0.917. The van der Waals surface area contributed by atoms with Gasteiger partial charge in [-0.15, -0.1) is 0 Å². The molecule has 0 bridgehead atoms. The third-order valence-electron chi connectivity index (χ3n) is 10.6. The first kappa shape index (κ1) is 27.3. The first-order chi connectivity index (χ1) is 24.8. The van der Waals surface area contributed by atoms with Gasteiger partial charge in [-0.25, -0.2) is 0 Å². The average molecular weight is 636 g/mol. The van der Waals surface area contributed by atoms with Crippen molar-refractivity contribution in [3.8, 4) is 61.3 Å². The highest BCUT2D eigenvalue weighted by Crippen LogP contribution is 2.48. The third kappa shape index (κ3) is 3.85. The summed E-state index contributed by atoms with van der Waals surface area (Å²) in [5.41, 5.74) is 17.7. The Balaban J connectivity index is 1.14. The van der Waals surface area contributed by atoms with Crippen molar-refractivity contribution in [3.05, 3.63) is 176 Å². The van der Waals surface area contributed by atoms with Crippen LogP contribution in [-0.4, -0.2) is 4.57 Å². The van der Waals surface area contributed by atoms with Crippen LogP contribution >= 0.6 is 0 Å². The van der Waals surface area contributed by atoms with E-state index in [4.69, 9.17) is 4.42 Å². The number of fused-ring (bicyclic) bond motifs is 15. The van der Waals surface area contributed by atoms with Gasteiger partial charge in [0, 0.05) is 27.2 Å². The predicted molar refractivity (Wildman–Crippen MR) is 209 cm³/mol. The maximum atomic E-state index is 6.32. The molecule has 2 heterocycles. The maximum absolute atomic E-state index is 6.32. The number of para-hydroxylation sites is 2. The molecule has 0 N–H and O–H groups in total. The van der Waals surface area contributed by atoms with E-state index in [1.54, 1.807) is 0 Å².